The van der Waals surface area contributed by atoms with Crippen molar-refractivity contribution in [3.63, 3.8) is 0 Å². The summed E-state index contributed by atoms with van der Waals surface area (Å²) in [5.41, 5.74) is 4.84. The van der Waals surface area contributed by atoms with Crippen LogP contribution >= 0.6 is 0 Å². The van der Waals surface area contributed by atoms with Crippen LogP contribution in [0.25, 0.3) is 5.57 Å². The van der Waals surface area contributed by atoms with Gasteiger partial charge >= 0.3 is 0 Å². The fourth-order valence-corrected chi connectivity index (χ4v) is 1.20. The molecule has 0 fully saturated rings. The van der Waals surface area contributed by atoms with E-state index < -0.39 is 0 Å². The molecule has 1 aromatic rings. The highest BCUT2D eigenvalue weighted by molar-refractivity contribution is 5.77. The molecule has 60 valence electrons. The number of para-hydroxylation sites is 1. The van der Waals surface area contributed by atoms with Crippen LogP contribution < -0.4 is 10.3 Å². The van der Waals surface area contributed by atoms with Gasteiger partial charge in [-0.05, 0) is 6.07 Å². The molecule has 2 rings (SSSR count). The monoisotopic (exact) mass is 159 g/mol. The highest BCUT2D eigenvalue weighted by atomic mass is 16.6. The van der Waals surface area contributed by atoms with Gasteiger partial charge in [0.1, 0.15) is 0 Å². The summed E-state index contributed by atoms with van der Waals surface area (Å²) in [6, 6.07) is 7.83. The molecule has 1 N–H and O–H groups in total. The van der Waals surface area contributed by atoms with Gasteiger partial charge in [0.05, 0.1) is 0 Å². The zero-order valence-electron chi connectivity index (χ0n) is 6.58. The Bertz CT molecular complexity index is 341. The Hall–Kier alpha value is -1.70. The lowest BCUT2D eigenvalue weighted by Crippen LogP contribution is -2.16. The van der Waals surface area contributed by atoms with E-state index in [2.05, 4.69) is 12.1 Å². The van der Waals surface area contributed by atoms with Crippen LogP contribution in [-0.4, -0.2) is 0 Å². The van der Waals surface area contributed by atoms with E-state index in [0.29, 0.717) is 0 Å². The second kappa shape index (κ2) is 2.74. The molecular formula is C10H9NO. The summed E-state index contributed by atoms with van der Waals surface area (Å²) in [7, 11) is 0. The van der Waals surface area contributed by atoms with Crippen molar-refractivity contribution in [3.8, 4) is 5.75 Å². The van der Waals surface area contributed by atoms with Crippen LogP contribution in [-0.2, 0) is 0 Å². The molecule has 0 saturated carbocycles. The van der Waals surface area contributed by atoms with Gasteiger partial charge in [-0.3, -0.25) is 0 Å². The van der Waals surface area contributed by atoms with E-state index in [1.54, 1.807) is 12.3 Å². The molecule has 12 heavy (non-hydrogen) atoms. The first-order valence-electron chi connectivity index (χ1n) is 3.76. The van der Waals surface area contributed by atoms with Gasteiger partial charge in [0.25, 0.3) is 0 Å². The lowest BCUT2D eigenvalue weighted by Gasteiger charge is -2.15. The Labute approximate surface area is 71.1 Å². The summed E-state index contributed by atoms with van der Waals surface area (Å²) < 4.78 is 0. The average Bonchev–Trinajstić information content (AvgIpc) is 2.17. The first-order chi connectivity index (χ1) is 5.92. The predicted molar refractivity (Wildman–Crippen MR) is 48.4 cm³/mol. The van der Waals surface area contributed by atoms with E-state index in [-0.39, 0.29) is 0 Å². The minimum atomic E-state index is 0.843. The number of allylic oxidation sites excluding steroid dienone is 2. The third kappa shape index (κ3) is 0.975. The molecule has 0 aliphatic carbocycles. The summed E-state index contributed by atoms with van der Waals surface area (Å²) in [5.74, 6) is 0.843. The van der Waals surface area contributed by atoms with Gasteiger partial charge in [-0.2, -0.15) is 0 Å². The Morgan fingerprint density at radius 1 is 1.33 bits per heavy atom. The second-order valence-corrected chi connectivity index (χ2v) is 2.52. The van der Waals surface area contributed by atoms with Crippen LogP contribution in [0.4, 0.5) is 0 Å². The first-order valence-corrected chi connectivity index (χ1v) is 3.76. The molecule has 1 heterocycles. The van der Waals surface area contributed by atoms with Crippen molar-refractivity contribution in [2.75, 3.05) is 0 Å². The van der Waals surface area contributed by atoms with Gasteiger partial charge in [0, 0.05) is 17.3 Å². The molecule has 0 amide bonds. The van der Waals surface area contributed by atoms with Crippen LogP contribution in [0.3, 0.4) is 0 Å². The SMILES string of the molecule is C=CC1=CNOc2ccccc21. The van der Waals surface area contributed by atoms with Crippen molar-refractivity contribution in [1.82, 2.24) is 5.48 Å². The number of fused-ring (bicyclic) bond motifs is 1. The Morgan fingerprint density at radius 2 is 2.17 bits per heavy atom. The molecule has 0 bridgehead atoms. The quantitative estimate of drug-likeness (QED) is 0.677. The highest BCUT2D eigenvalue weighted by Gasteiger charge is 2.09. The molecule has 1 aliphatic rings. The van der Waals surface area contributed by atoms with Gasteiger partial charge in [-0.15, -0.1) is 0 Å². The van der Waals surface area contributed by atoms with Crippen LogP contribution in [0.2, 0.25) is 0 Å². The standard InChI is InChI=1S/C10H9NO/c1-2-8-7-11-12-10-6-4-3-5-9(8)10/h2-7,11H,1H2. The number of hydrogen-bond donors (Lipinski definition) is 1. The summed E-state index contributed by atoms with van der Waals surface area (Å²) in [5, 5.41) is 0. The fraction of sp³-hybridized carbons (Fsp3) is 0. The van der Waals surface area contributed by atoms with E-state index in [0.717, 1.165) is 16.9 Å². The summed E-state index contributed by atoms with van der Waals surface area (Å²) in [6.07, 6.45) is 3.59. The molecule has 0 unspecified atom stereocenters. The zero-order valence-corrected chi connectivity index (χ0v) is 6.58. The third-order valence-electron chi connectivity index (χ3n) is 1.80. The molecule has 0 atom stereocenters. The minimum Gasteiger partial charge on any atom is -0.382 e. The van der Waals surface area contributed by atoms with Crippen LogP contribution in [0.5, 0.6) is 5.75 Å². The lowest BCUT2D eigenvalue weighted by molar-refractivity contribution is 0.238. The number of hydrogen-bond acceptors (Lipinski definition) is 2. The summed E-state index contributed by atoms with van der Waals surface area (Å²) in [6.45, 7) is 3.72. The smallest absolute Gasteiger partial charge is 0.162 e. The van der Waals surface area contributed by atoms with Crippen LogP contribution in [0.15, 0.2) is 43.1 Å². The molecule has 1 aliphatic heterocycles. The van der Waals surface area contributed by atoms with Crippen molar-refractivity contribution in [1.29, 1.82) is 0 Å². The van der Waals surface area contributed by atoms with Crippen molar-refractivity contribution in [2.45, 2.75) is 0 Å². The Kier molecular flexibility index (Phi) is 1.59. The highest BCUT2D eigenvalue weighted by Crippen LogP contribution is 2.27. The molecule has 2 nitrogen and oxygen atoms in total. The molecule has 0 aromatic heterocycles. The molecule has 0 radical (unpaired) electrons. The number of hydroxylamine groups is 1. The molecular weight excluding hydrogens is 150 g/mol. The fourth-order valence-electron chi connectivity index (χ4n) is 1.20. The topological polar surface area (TPSA) is 21.3 Å². The van der Waals surface area contributed by atoms with Crippen molar-refractivity contribution in [2.24, 2.45) is 0 Å². The second-order valence-electron chi connectivity index (χ2n) is 2.52. The Balaban J connectivity index is 2.55. The largest absolute Gasteiger partial charge is 0.382 e. The van der Waals surface area contributed by atoms with Gasteiger partial charge in [0.15, 0.2) is 5.75 Å². The van der Waals surface area contributed by atoms with Crippen molar-refractivity contribution < 1.29 is 4.84 Å². The number of benzene rings is 1. The van der Waals surface area contributed by atoms with E-state index in [1.807, 2.05) is 24.3 Å². The van der Waals surface area contributed by atoms with E-state index >= 15 is 0 Å². The zero-order chi connectivity index (χ0) is 8.39. The predicted octanol–water partition coefficient (Wildman–Crippen LogP) is 2.11. The average molecular weight is 159 g/mol. The number of nitrogens with one attached hydrogen (secondary N) is 1. The van der Waals surface area contributed by atoms with E-state index in [1.165, 1.54) is 0 Å². The van der Waals surface area contributed by atoms with Gasteiger partial charge in [0.2, 0.25) is 0 Å². The maximum Gasteiger partial charge on any atom is 0.162 e. The van der Waals surface area contributed by atoms with Crippen LogP contribution in [0.1, 0.15) is 5.56 Å². The van der Waals surface area contributed by atoms with E-state index in [9.17, 15) is 0 Å². The Morgan fingerprint density at radius 3 is 3.00 bits per heavy atom. The molecule has 2 heteroatoms. The molecule has 0 spiro atoms. The van der Waals surface area contributed by atoms with Crippen LogP contribution in [0, 0.1) is 0 Å². The first kappa shape index (κ1) is 6.98. The minimum absolute atomic E-state index is 0.843. The maximum atomic E-state index is 5.18. The van der Waals surface area contributed by atoms with E-state index in [4.69, 9.17) is 4.84 Å². The summed E-state index contributed by atoms with van der Waals surface area (Å²) in [4.78, 5) is 5.18. The lowest BCUT2D eigenvalue weighted by atomic mass is 10.1. The molecule has 1 aromatic carbocycles. The molecule has 0 saturated heterocycles. The normalized spacial score (nSPS) is 13.5. The maximum absolute atomic E-state index is 5.18. The van der Waals surface area contributed by atoms with Crippen molar-refractivity contribution in [3.05, 3.63) is 48.7 Å². The third-order valence-corrected chi connectivity index (χ3v) is 1.80. The van der Waals surface area contributed by atoms with Gasteiger partial charge in [-0.25, -0.2) is 5.48 Å². The van der Waals surface area contributed by atoms with Gasteiger partial charge < -0.3 is 4.84 Å². The summed E-state index contributed by atoms with van der Waals surface area (Å²) >= 11 is 0. The van der Waals surface area contributed by atoms with Gasteiger partial charge in [-0.1, -0.05) is 30.9 Å². The number of rotatable bonds is 1. The van der Waals surface area contributed by atoms with Crippen molar-refractivity contribution >= 4 is 5.57 Å².